The van der Waals surface area contributed by atoms with Crippen molar-refractivity contribution in [3.05, 3.63) is 48.4 Å². The van der Waals surface area contributed by atoms with Crippen molar-refractivity contribution in [1.82, 2.24) is 25.1 Å². The van der Waals surface area contributed by atoms with Crippen molar-refractivity contribution >= 4 is 5.91 Å². The molecule has 0 spiro atoms. The molecule has 1 aliphatic heterocycles. The zero-order valence-corrected chi connectivity index (χ0v) is 16.9. The molecule has 9 nitrogen and oxygen atoms in total. The molecule has 0 aliphatic carbocycles. The van der Waals surface area contributed by atoms with Gasteiger partial charge in [0.15, 0.2) is 0 Å². The van der Waals surface area contributed by atoms with Crippen molar-refractivity contribution in [3.8, 4) is 28.8 Å². The molecule has 1 aromatic carbocycles. The number of nitrogens with one attached hydrogen (secondary N) is 1. The number of piperidine rings is 1. The summed E-state index contributed by atoms with van der Waals surface area (Å²) in [6, 6.07) is 9.23. The van der Waals surface area contributed by atoms with Gasteiger partial charge in [-0.2, -0.15) is 5.10 Å². The summed E-state index contributed by atoms with van der Waals surface area (Å²) in [4.78, 5) is 23.0. The fraction of sp³-hybridized carbons (Fsp3) is 0.333. The third-order valence-corrected chi connectivity index (χ3v) is 4.97. The van der Waals surface area contributed by atoms with Gasteiger partial charge in [0.25, 0.3) is 5.91 Å². The number of methoxy groups -OCH3 is 2. The monoisotopic (exact) mass is 409 g/mol. The van der Waals surface area contributed by atoms with Crippen molar-refractivity contribution < 1.29 is 19.0 Å². The van der Waals surface area contributed by atoms with Gasteiger partial charge < -0.3 is 19.1 Å². The van der Waals surface area contributed by atoms with Gasteiger partial charge >= 0.3 is 6.01 Å². The Bertz CT molecular complexity index is 1010. The number of hydrogen-bond acceptors (Lipinski definition) is 7. The maximum absolute atomic E-state index is 13.0. The average molecular weight is 409 g/mol. The molecule has 1 fully saturated rings. The highest BCUT2D eigenvalue weighted by Crippen LogP contribution is 2.32. The molecule has 1 saturated heterocycles. The van der Waals surface area contributed by atoms with E-state index in [-0.39, 0.29) is 12.0 Å². The number of nitrogens with zero attached hydrogens (tertiary/aromatic N) is 4. The first kappa shape index (κ1) is 19.7. The molecule has 4 rings (SSSR count). The largest absolute Gasteiger partial charge is 0.497 e. The molecule has 1 atom stereocenters. The Labute approximate surface area is 174 Å². The van der Waals surface area contributed by atoms with E-state index in [2.05, 4.69) is 20.2 Å². The number of aromatic nitrogens is 4. The molecular weight excluding hydrogens is 386 g/mol. The van der Waals surface area contributed by atoms with Gasteiger partial charge in [0.05, 0.1) is 26.5 Å². The van der Waals surface area contributed by atoms with Gasteiger partial charge in [-0.1, -0.05) is 0 Å². The van der Waals surface area contributed by atoms with E-state index >= 15 is 0 Å². The highest BCUT2D eigenvalue weighted by molar-refractivity contribution is 5.93. The summed E-state index contributed by atoms with van der Waals surface area (Å²) in [6.45, 7) is 1.12. The van der Waals surface area contributed by atoms with E-state index in [9.17, 15) is 4.79 Å². The summed E-state index contributed by atoms with van der Waals surface area (Å²) in [7, 11) is 3.19. The number of aromatic amines is 1. The van der Waals surface area contributed by atoms with Crippen molar-refractivity contribution in [2.75, 3.05) is 27.3 Å². The van der Waals surface area contributed by atoms with Crippen LogP contribution < -0.4 is 14.2 Å². The van der Waals surface area contributed by atoms with Gasteiger partial charge in [0, 0.05) is 24.5 Å². The van der Waals surface area contributed by atoms with Crippen LogP contribution in [0.25, 0.3) is 11.3 Å². The normalized spacial score (nSPS) is 16.2. The SMILES string of the molecule is COc1ccc(OC)c(-c2cc(C(=O)N3CCCC(Oc4ncccn4)C3)[nH]n2)c1. The molecule has 0 radical (unpaired) electrons. The molecule has 3 aromatic rings. The maximum Gasteiger partial charge on any atom is 0.316 e. The minimum atomic E-state index is -0.147. The van der Waals surface area contributed by atoms with Crippen molar-refractivity contribution in [3.63, 3.8) is 0 Å². The van der Waals surface area contributed by atoms with Crippen LogP contribution in [0.2, 0.25) is 0 Å². The van der Waals surface area contributed by atoms with Crippen LogP contribution in [0.4, 0.5) is 0 Å². The number of rotatable bonds is 6. The minimum Gasteiger partial charge on any atom is -0.497 e. The molecule has 1 unspecified atom stereocenters. The van der Waals surface area contributed by atoms with Gasteiger partial charge in [-0.25, -0.2) is 9.97 Å². The van der Waals surface area contributed by atoms with Crippen molar-refractivity contribution in [1.29, 1.82) is 0 Å². The van der Waals surface area contributed by atoms with Crippen LogP contribution >= 0.6 is 0 Å². The molecule has 9 heteroatoms. The second-order valence-corrected chi connectivity index (χ2v) is 6.90. The van der Waals surface area contributed by atoms with Crippen LogP contribution in [0.3, 0.4) is 0 Å². The summed E-state index contributed by atoms with van der Waals surface area (Å²) < 4.78 is 16.5. The number of likely N-dealkylation sites (tertiary alicyclic amines) is 1. The van der Waals surface area contributed by atoms with Crippen LogP contribution in [0, 0.1) is 0 Å². The third-order valence-electron chi connectivity index (χ3n) is 4.97. The second-order valence-electron chi connectivity index (χ2n) is 6.90. The lowest BCUT2D eigenvalue weighted by Gasteiger charge is -2.31. The lowest BCUT2D eigenvalue weighted by molar-refractivity contribution is 0.0510. The maximum atomic E-state index is 13.0. The van der Waals surface area contributed by atoms with Crippen molar-refractivity contribution in [2.24, 2.45) is 0 Å². The van der Waals surface area contributed by atoms with E-state index in [4.69, 9.17) is 14.2 Å². The summed E-state index contributed by atoms with van der Waals surface area (Å²) in [6.07, 6.45) is 4.80. The van der Waals surface area contributed by atoms with Crippen LogP contribution in [0.15, 0.2) is 42.7 Å². The average Bonchev–Trinajstić information content (AvgIpc) is 3.29. The highest BCUT2D eigenvalue weighted by atomic mass is 16.5. The zero-order valence-electron chi connectivity index (χ0n) is 16.9. The standard InChI is InChI=1S/C21H23N5O4/c1-28-14-6-7-19(29-2)16(11-14)17-12-18(25-24-17)20(27)26-10-3-5-15(13-26)30-21-22-8-4-9-23-21/h4,6-9,11-12,15H,3,5,10,13H2,1-2H3,(H,24,25). The summed E-state index contributed by atoms with van der Waals surface area (Å²) in [5.74, 6) is 1.20. The third kappa shape index (κ3) is 4.19. The molecule has 3 heterocycles. The molecule has 1 N–H and O–H groups in total. The van der Waals surface area contributed by atoms with E-state index in [1.54, 1.807) is 43.6 Å². The Morgan fingerprint density at radius 3 is 2.77 bits per heavy atom. The second kappa shape index (κ2) is 8.81. The lowest BCUT2D eigenvalue weighted by Crippen LogP contribution is -2.44. The lowest BCUT2D eigenvalue weighted by atomic mass is 10.1. The van der Waals surface area contributed by atoms with E-state index < -0.39 is 0 Å². The Kier molecular flexibility index (Phi) is 5.78. The number of amides is 1. The predicted molar refractivity (Wildman–Crippen MR) is 109 cm³/mol. The highest BCUT2D eigenvalue weighted by Gasteiger charge is 2.27. The first-order valence-corrected chi connectivity index (χ1v) is 9.68. The van der Waals surface area contributed by atoms with Crippen molar-refractivity contribution in [2.45, 2.75) is 18.9 Å². The summed E-state index contributed by atoms with van der Waals surface area (Å²) >= 11 is 0. The molecule has 1 amide bonds. The zero-order chi connectivity index (χ0) is 20.9. The Hall–Kier alpha value is -3.62. The number of H-pyrrole nitrogens is 1. The van der Waals surface area contributed by atoms with E-state index in [1.807, 2.05) is 18.2 Å². The summed E-state index contributed by atoms with van der Waals surface area (Å²) in [5.41, 5.74) is 1.76. The Morgan fingerprint density at radius 1 is 1.17 bits per heavy atom. The molecule has 30 heavy (non-hydrogen) atoms. The van der Waals surface area contributed by atoms with Crippen LogP contribution in [-0.4, -0.2) is 64.4 Å². The molecule has 1 aliphatic rings. The minimum absolute atomic E-state index is 0.127. The molecular formula is C21H23N5O4. The molecule has 156 valence electrons. The topological polar surface area (TPSA) is 102 Å². The van der Waals surface area contributed by atoms with Crippen LogP contribution in [0.1, 0.15) is 23.3 Å². The first-order chi connectivity index (χ1) is 14.7. The van der Waals surface area contributed by atoms with Gasteiger partial charge in [-0.05, 0) is 43.2 Å². The van der Waals surface area contributed by atoms with Crippen LogP contribution in [-0.2, 0) is 0 Å². The van der Waals surface area contributed by atoms with Crippen LogP contribution in [0.5, 0.6) is 17.5 Å². The van der Waals surface area contributed by atoms with E-state index in [1.165, 1.54) is 0 Å². The van der Waals surface area contributed by atoms with Gasteiger partial charge in [0.2, 0.25) is 0 Å². The number of ether oxygens (including phenoxy) is 3. The smallest absolute Gasteiger partial charge is 0.316 e. The Balaban J connectivity index is 1.49. The quantitative estimate of drug-likeness (QED) is 0.667. The van der Waals surface area contributed by atoms with Gasteiger partial charge in [-0.15, -0.1) is 0 Å². The molecule has 0 bridgehead atoms. The van der Waals surface area contributed by atoms with Gasteiger partial charge in [0.1, 0.15) is 23.3 Å². The van der Waals surface area contributed by atoms with E-state index in [0.717, 1.165) is 18.4 Å². The number of carbonyl (C=O) groups excluding carboxylic acids is 1. The molecule has 0 saturated carbocycles. The summed E-state index contributed by atoms with van der Waals surface area (Å²) in [5, 5.41) is 7.17. The Morgan fingerprint density at radius 2 is 2.00 bits per heavy atom. The fourth-order valence-electron chi connectivity index (χ4n) is 3.47. The predicted octanol–water partition coefficient (Wildman–Crippen LogP) is 2.57. The molecule has 2 aromatic heterocycles. The first-order valence-electron chi connectivity index (χ1n) is 9.68. The van der Waals surface area contributed by atoms with E-state index in [0.29, 0.717) is 42.0 Å². The number of carbonyl (C=O) groups is 1. The fourth-order valence-corrected chi connectivity index (χ4v) is 3.47. The van der Waals surface area contributed by atoms with Gasteiger partial charge in [-0.3, -0.25) is 9.89 Å². The number of hydrogen-bond donors (Lipinski definition) is 1. The number of benzene rings is 1.